The lowest BCUT2D eigenvalue weighted by molar-refractivity contribution is -0.141. The summed E-state index contributed by atoms with van der Waals surface area (Å²) < 4.78 is 42.6. The van der Waals surface area contributed by atoms with Crippen molar-refractivity contribution in [3.05, 3.63) is 11.8 Å². The van der Waals surface area contributed by atoms with Crippen LogP contribution in [0.2, 0.25) is 0 Å². The summed E-state index contributed by atoms with van der Waals surface area (Å²) in [6.45, 7) is 6.21. The largest absolute Gasteiger partial charge is 0.432 e. The fraction of sp³-hybridized carbons (Fsp3) is 0.643. The highest BCUT2D eigenvalue weighted by atomic mass is 19.4. The molecule has 0 aromatic carbocycles. The summed E-state index contributed by atoms with van der Waals surface area (Å²) in [5, 5.41) is 10.5. The summed E-state index contributed by atoms with van der Waals surface area (Å²) in [5.41, 5.74) is -1.24. The molecule has 0 bridgehead atoms. The monoisotopic (exact) mass is 349 g/mol. The zero-order chi connectivity index (χ0) is 18.4. The number of rotatable bonds is 5. The van der Waals surface area contributed by atoms with Gasteiger partial charge in [0.2, 0.25) is 11.9 Å². The molecule has 1 amide bonds. The van der Waals surface area contributed by atoms with E-state index in [1.807, 2.05) is 25.9 Å². The molecule has 10 heteroatoms. The number of alkyl halides is 3. The first-order chi connectivity index (χ1) is 11.0. The van der Waals surface area contributed by atoms with Crippen LogP contribution in [-0.4, -0.2) is 42.3 Å². The van der Waals surface area contributed by atoms with Gasteiger partial charge in [-0.15, -0.1) is 0 Å². The van der Waals surface area contributed by atoms with E-state index in [2.05, 4.69) is 20.7 Å². The molecule has 0 aliphatic rings. The lowest BCUT2D eigenvalue weighted by Gasteiger charge is -2.18. The number of hydrogen-bond acceptors (Lipinski definition) is 4. The number of aromatic nitrogens is 2. The predicted octanol–water partition coefficient (Wildman–Crippen LogP) is 2.40. The molecule has 1 rings (SSSR count). The standard InChI is InChI=1S/C14H22F3N5O2/c1-13(2,3)8-11(23)20-12(18-5-6-24-4)19-10-7-9(21-22-10)14(15,16)17/h7H,5-6,8H2,1-4H3,(H3,18,19,20,21,22,23). The topological polar surface area (TPSA) is 91.4 Å². The molecule has 24 heavy (non-hydrogen) atoms. The smallest absolute Gasteiger partial charge is 0.383 e. The van der Waals surface area contributed by atoms with Crippen LogP contribution < -0.4 is 10.6 Å². The van der Waals surface area contributed by atoms with Gasteiger partial charge in [-0.25, -0.2) is 0 Å². The van der Waals surface area contributed by atoms with Crippen molar-refractivity contribution in [1.29, 1.82) is 0 Å². The Hall–Kier alpha value is -2.10. The quantitative estimate of drug-likeness (QED) is 0.432. The third-order valence-electron chi connectivity index (χ3n) is 2.64. The van der Waals surface area contributed by atoms with Crippen molar-refractivity contribution in [3.8, 4) is 0 Å². The van der Waals surface area contributed by atoms with E-state index in [1.54, 1.807) is 0 Å². The molecule has 0 fully saturated rings. The Labute approximate surface area is 138 Å². The molecule has 0 aliphatic heterocycles. The van der Waals surface area contributed by atoms with Gasteiger partial charge in [-0.3, -0.25) is 20.2 Å². The maximum atomic E-state index is 12.6. The number of anilines is 1. The summed E-state index contributed by atoms with van der Waals surface area (Å²) in [6, 6.07) is 0.793. The van der Waals surface area contributed by atoms with E-state index < -0.39 is 11.9 Å². The number of hydrogen-bond donors (Lipinski definition) is 3. The van der Waals surface area contributed by atoms with Crippen LogP contribution in [0.1, 0.15) is 32.9 Å². The Morgan fingerprint density at radius 3 is 2.54 bits per heavy atom. The molecule has 136 valence electrons. The minimum absolute atomic E-state index is 0.0153. The number of aliphatic imine (C=N–C) groups is 1. The number of nitrogens with one attached hydrogen (secondary N) is 3. The van der Waals surface area contributed by atoms with Crippen molar-refractivity contribution < 1.29 is 22.7 Å². The third-order valence-corrected chi connectivity index (χ3v) is 2.64. The number of carbonyl (C=O) groups is 1. The molecule has 0 saturated carbocycles. The average molecular weight is 349 g/mol. The molecular formula is C14H22F3N5O2. The van der Waals surface area contributed by atoms with Crippen LogP contribution in [0.25, 0.3) is 0 Å². The summed E-state index contributed by atoms with van der Waals surface area (Å²) in [5.74, 6) is -0.395. The molecule has 0 radical (unpaired) electrons. The molecule has 0 atom stereocenters. The molecule has 0 saturated heterocycles. The van der Waals surface area contributed by atoms with E-state index in [0.717, 1.165) is 6.07 Å². The lowest BCUT2D eigenvalue weighted by Crippen LogP contribution is -2.38. The molecule has 1 aromatic rings. The molecule has 0 unspecified atom stereocenters. The zero-order valence-corrected chi connectivity index (χ0v) is 14.0. The van der Waals surface area contributed by atoms with Crippen LogP contribution in [0.3, 0.4) is 0 Å². The number of halogens is 3. The predicted molar refractivity (Wildman–Crippen MR) is 83.6 cm³/mol. The number of guanidine groups is 1. The van der Waals surface area contributed by atoms with Crippen molar-refractivity contribution in [2.75, 3.05) is 25.6 Å². The highest BCUT2D eigenvalue weighted by molar-refractivity contribution is 6.03. The Bertz CT molecular complexity index is 576. The highest BCUT2D eigenvalue weighted by Crippen LogP contribution is 2.28. The molecule has 7 nitrogen and oxygen atoms in total. The van der Waals surface area contributed by atoms with Crippen LogP contribution in [0.5, 0.6) is 0 Å². The van der Waals surface area contributed by atoms with Gasteiger partial charge in [0, 0.05) is 19.6 Å². The second-order valence-electron chi connectivity index (χ2n) is 6.30. The van der Waals surface area contributed by atoms with E-state index in [4.69, 9.17) is 4.74 Å². The zero-order valence-electron chi connectivity index (χ0n) is 14.0. The minimum atomic E-state index is -4.53. The van der Waals surface area contributed by atoms with E-state index in [1.165, 1.54) is 7.11 Å². The first-order valence-corrected chi connectivity index (χ1v) is 7.24. The first kappa shape index (κ1) is 19.9. The first-order valence-electron chi connectivity index (χ1n) is 7.24. The summed E-state index contributed by atoms with van der Waals surface area (Å²) in [7, 11) is 1.49. The van der Waals surface area contributed by atoms with Crippen LogP contribution in [0.4, 0.5) is 19.0 Å². The van der Waals surface area contributed by atoms with Gasteiger partial charge in [0.15, 0.2) is 5.82 Å². The summed E-state index contributed by atoms with van der Waals surface area (Å²) >= 11 is 0. The van der Waals surface area contributed by atoms with Gasteiger partial charge in [0.25, 0.3) is 0 Å². The van der Waals surface area contributed by atoms with Crippen LogP contribution in [0, 0.1) is 5.41 Å². The minimum Gasteiger partial charge on any atom is -0.383 e. The van der Waals surface area contributed by atoms with E-state index in [-0.39, 0.29) is 36.1 Å². The molecule has 1 aromatic heterocycles. The van der Waals surface area contributed by atoms with Crippen LogP contribution in [0.15, 0.2) is 11.1 Å². The molecule has 3 N–H and O–H groups in total. The Balaban J connectivity index is 2.81. The summed E-state index contributed by atoms with van der Waals surface area (Å²) in [6.07, 6.45) is -4.30. The summed E-state index contributed by atoms with van der Waals surface area (Å²) in [4.78, 5) is 16.0. The normalized spacial score (nSPS) is 13.0. The van der Waals surface area contributed by atoms with Gasteiger partial charge in [0.1, 0.15) is 5.69 Å². The molecule has 0 aliphatic carbocycles. The maximum Gasteiger partial charge on any atom is 0.432 e. The Morgan fingerprint density at radius 2 is 2.04 bits per heavy atom. The van der Waals surface area contributed by atoms with Gasteiger partial charge in [-0.05, 0) is 5.41 Å². The second-order valence-corrected chi connectivity index (χ2v) is 6.30. The SMILES string of the molecule is COCCN=C(NC(=O)CC(C)(C)C)Nc1cc(C(F)(F)F)[nH]n1. The fourth-order valence-electron chi connectivity index (χ4n) is 1.67. The van der Waals surface area contributed by atoms with Gasteiger partial charge >= 0.3 is 6.18 Å². The number of carbonyl (C=O) groups excluding carboxylic acids is 1. The highest BCUT2D eigenvalue weighted by Gasteiger charge is 2.33. The molecule has 1 heterocycles. The number of H-pyrrole nitrogens is 1. The Morgan fingerprint density at radius 1 is 1.38 bits per heavy atom. The molecule has 0 spiro atoms. The maximum absolute atomic E-state index is 12.6. The van der Waals surface area contributed by atoms with E-state index >= 15 is 0 Å². The van der Waals surface area contributed by atoms with Gasteiger partial charge in [-0.2, -0.15) is 18.3 Å². The number of aromatic amines is 1. The van der Waals surface area contributed by atoms with Crippen molar-refractivity contribution >= 4 is 17.7 Å². The third kappa shape index (κ3) is 7.44. The second kappa shape index (κ2) is 8.13. The van der Waals surface area contributed by atoms with Crippen molar-refractivity contribution in [1.82, 2.24) is 15.5 Å². The van der Waals surface area contributed by atoms with Crippen molar-refractivity contribution in [2.45, 2.75) is 33.4 Å². The Kier molecular flexibility index (Phi) is 6.76. The van der Waals surface area contributed by atoms with Crippen LogP contribution in [-0.2, 0) is 15.7 Å². The fourth-order valence-corrected chi connectivity index (χ4v) is 1.67. The van der Waals surface area contributed by atoms with E-state index in [9.17, 15) is 18.0 Å². The van der Waals surface area contributed by atoms with Crippen molar-refractivity contribution in [2.24, 2.45) is 10.4 Å². The van der Waals surface area contributed by atoms with Crippen molar-refractivity contribution in [3.63, 3.8) is 0 Å². The number of ether oxygens (including phenoxy) is 1. The lowest BCUT2D eigenvalue weighted by atomic mass is 9.92. The van der Waals surface area contributed by atoms with Crippen LogP contribution >= 0.6 is 0 Å². The van der Waals surface area contributed by atoms with Gasteiger partial charge in [-0.1, -0.05) is 20.8 Å². The van der Waals surface area contributed by atoms with E-state index in [0.29, 0.717) is 6.61 Å². The number of methoxy groups -OCH3 is 1. The number of amides is 1. The number of nitrogens with zero attached hydrogens (tertiary/aromatic N) is 2. The van der Waals surface area contributed by atoms with Gasteiger partial charge < -0.3 is 10.1 Å². The molecular weight excluding hydrogens is 327 g/mol. The van der Waals surface area contributed by atoms with Gasteiger partial charge in [0.05, 0.1) is 13.2 Å². The average Bonchev–Trinajstić information content (AvgIpc) is 2.85.